The van der Waals surface area contributed by atoms with Crippen molar-refractivity contribution < 1.29 is 18.1 Å². The van der Waals surface area contributed by atoms with E-state index in [4.69, 9.17) is 5.14 Å². The van der Waals surface area contributed by atoms with Crippen LogP contribution in [0.25, 0.3) is 0 Å². The van der Waals surface area contributed by atoms with E-state index in [1.54, 1.807) is 13.8 Å². The van der Waals surface area contributed by atoms with Crippen LogP contribution in [0.4, 0.5) is 5.69 Å². The van der Waals surface area contributed by atoms with E-state index >= 15 is 0 Å². The number of amides is 1. The lowest BCUT2D eigenvalue weighted by atomic mass is 10.0. The highest BCUT2D eigenvalue weighted by molar-refractivity contribution is 7.89. The fourth-order valence-corrected chi connectivity index (χ4v) is 2.03. The zero-order chi connectivity index (χ0) is 16.4. The molecule has 3 N–H and O–H groups in total. The van der Waals surface area contributed by atoms with Crippen LogP contribution in [0.5, 0.6) is 0 Å². The Morgan fingerprint density at radius 1 is 1.38 bits per heavy atom. The lowest BCUT2D eigenvalue weighted by molar-refractivity contribution is -0.385. The monoisotopic (exact) mass is 315 g/mol. The smallest absolute Gasteiger partial charge is 0.271 e. The van der Waals surface area contributed by atoms with E-state index in [0.29, 0.717) is 6.42 Å². The zero-order valence-electron chi connectivity index (χ0n) is 11.9. The highest BCUT2D eigenvalue weighted by atomic mass is 32.2. The second-order valence-corrected chi connectivity index (χ2v) is 6.77. The van der Waals surface area contributed by atoms with Crippen molar-refractivity contribution in [2.75, 3.05) is 0 Å². The van der Waals surface area contributed by atoms with Gasteiger partial charge in [-0.3, -0.25) is 14.9 Å². The van der Waals surface area contributed by atoms with E-state index in [1.165, 1.54) is 0 Å². The second kappa shape index (κ2) is 5.78. The molecule has 0 bridgehead atoms. The number of benzene rings is 1. The summed E-state index contributed by atoms with van der Waals surface area (Å²) in [4.78, 5) is 21.7. The minimum absolute atomic E-state index is 0.130. The van der Waals surface area contributed by atoms with E-state index in [-0.39, 0.29) is 5.56 Å². The summed E-state index contributed by atoms with van der Waals surface area (Å²) < 4.78 is 22.7. The maximum Gasteiger partial charge on any atom is 0.271 e. The van der Waals surface area contributed by atoms with Gasteiger partial charge in [0, 0.05) is 23.2 Å². The topological polar surface area (TPSA) is 132 Å². The molecule has 0 saturated heterocycles. The Labute approximate surface area is 122 Å². The average Bonchev–Trinajstić information content (AvgIpc) is 2.36. The van der Waals surface area contributed by atoms with Crippen LogP contribution in [0.3, 0.4) is 0 Å². The molecule has 0 saturated carbocycles. The van der Waals surface area contributed by atoms with Gasteiger partial charge in [-0.2, -0.15) is 0 Å². The number of non-ortho nitro benzene ring substituents is 1. The third-order valence-electron chi connectivity index (χ3n) is 3.03. The van der Waals surface area contributed by atoms with Crippen molar-refractivity contribution in [2.24, 2.45) is 5.14 Å². The van der Waals surface area contributed by atoms with Crippen LogP contribution in [0.1, 0.15) is 37.6 Å². The number of nitrogens with two attached hydrogens (primary N) is 1. The first kappa shape index (κ1) is 17.1. The van der Waals surface area contributed by atoms with Gasteiger partial charge in [0.1, 0.15) is 0 Å². The van der Waals surface area contributed by atoms with Gasteiger partial charge in [0.15, 0.2) is 0 Å². The summed E-state index contributed by atoms with van der Waals surface area (Å²) in [7, 11) is -4.15. The number of nitro benzene ring substituents is 1. The average molecular weight is 315 g/mol. The summed E-state index contributed by atoms with van der Waals surface area (Å²) in [5.74, 6) is -0.601. The number of hydrogen-bond donors (Lipinski definition) is 2. The predicted octanol–water partition coefficient (Wildman–Crippen LogP) is 1.16. The number of carbonyl (C=O) groups is 1. The van der Waals surface area contributed by atoms with Crippen LogP contribution in [0.15, 0.2) is 23.1 Å². The number of sulfonamides is 1. The van der Waals surface area contributed by atoms with Crippen molar-refractivity contribution in [3.05, 3.63) is 33.9 Å². The van der Waals surface area contributed by atoms with E-state index in [1.807, 2.05) is 6.92 Å². The second-order valence-electron chi connectivity index (χ2n) is 5.21. The van der Waals surface area contributed by atoms with Gasteiger partial charge in [0.2, 0.25) is 10.0 Å². The highest BCUT2D eigenvalue weighted by Gasteiger charge is 2.23. The molecule has 0 spiro atoms. The minimum atomic E-state index is -4.15. The van der Waals surface area contributed by atoms with Crippen LogP contribution in [-0.4, -0.2) is 24.8 Å². The molecule has 8 nitrogen and oxygen atoms in total. The summed E-state index contributed by atoms with van der Waals surface area (Å²) in [6.07, 6.45) is 0.635. The molecule has 0 aromatic heterocycles. The first-order valence-electron chi connectivity index (χ1n) is 6.11. The molecule has 1 rings (SSSR count). The van der Waals surface area contributed by atoms with Crippen molar-refractivity contribution in [2.45, 2.75) is 37.6 Å². The molecular formula is C12H17N3O5S. The fraction of sp³-hybridized carbons (Fsp3) is 0.417. The SMILES string of the molecule is CCC(C)(C)NC(=O)c1cc([N+](=O)[O-])cc(S(N)(=O)=O)c1. The van der Waals surface area contributed by atoms with Gasteiger partial charge in [-0.15, -0.1) is 0 Å². The minimum Gasteiger partial charge on any atom is -0.347 e. The zero-order valence-corrected chi connectivity index (χ0v) is 12.7. The maximum atomic E-state index is 12.1. The van der Waals surface area contributed by atoms with Gasteiger partial charge < -0.3 is 5.32 Å². The van der Waals surface area contributed by atoms with Crippen LogP contribution in [0.2, 0.25) is 0 Å². The normalized spacial score (nSPS) is 12.0. The Bertz CT molecular complexity index is 682. The summed E-state index contributed by atoms with van der Waals surface area (Å²) in [6.45, 7) is 5.43. The number of nitrogens with zero attached hydrogens (tertiary/aromatic N) is 1. The largest absolute Gasteiger partial charge is 0.347 e. The van der Waals surface area contributed by atoms with Crippen molar-refractivity contribution in [3.63, 3.8) is 0 Å². The van der Waals surface area contributed by atoms with Gasteiger partial charge >= 0.3 is 0 Å². The quantitative estimate of drug-likeness (QED) is 0.621. The van der Waals surface area contributed by atoms with E-state index in [0.717, 1.165) is 18.2 Å². The summed E-state index contributed by atoms with van der Waals surface area (Å²) in [5.41, 5.74) is -1.17. The molecule has 21 heavy (non-hydrogen) atoms. The van der Waals surface area contributed by atoms with Gasteiger partial charge in [-0.05, 0) is 26.3 Å². The Hall–Kier alpha value is -2.00. The molecule has 0 fully saturated rings. The standard InChI is InChI=1S/C12H17N3O5S/c1-4-12(2,3)14-11(16)8-5-9(15(17)18)7-10(6-8)21(13,19)20/h5-7H,4H2,1-3H3,(H,14,16)(H2,13,19,20). The molecule has 9 heteroatoms. The molecule has 116 valence electrons. The Morgan fingerprint density at radius 3 is 2.38 bits per heavy atom. The number of nitrogens with one attached hydrogen (secondary N) is 1. The van der Waals surface area contributed by atoms with Gasteiger partial charge in [0.25, 0.3) is 11.6 Å². The first-order chi connectivity index (χ1) is 9.46. The Balaban J connectivity index is 3.33. The molecule has 0 unspecified atom stereocenters. The first-order valence-corrected chi connectivity index (χ1v) is 7.66. The van der Waals surface area contributed by atoms with Crippen LogP contribution >= 0.6 is 0 Å². The maximum absolute atomic E-state index is 12.1. The molecule has 0 radical (unpaired) electrons. The van der Waals surface area contributed by atoms with E-state index in [2.05, 4.69) is 5.32 Å². The molecule has 1 aromatic rings. The lowest BCUT2D eigenvalue weighted by Crippen LogP contribution is -2.42. The summed E-state index contributed by atoms with van der Waals surface area (Å²) >= 11 is 0. The summed E-state index contributed by atoms with van der Waals surface area (Å²) in [6, 6.07) is 2.84. The van der Waals surface area contributed by atoms with Crippen molar-refractivity contribution in [1.82, 2.24) is 5.32 Å². The number of carbonyl (C=O) groups excluding carboxylic acids is 1. The third-order valence-corrected chi connectivity index (χ3v) is 3.92. The molecule has 0 atom stereocenters. The highest BCUT2D eigenvalue weighted by Crippen LogP contribution is 2.21. The lowest BCUT2D eigenvalue weighted by Gasteiger charge is -2.24. The molecule has 0 aliphatic heterocycles. The van der Waals surface area contributed by atoms with E-state index < -0.39 is 37.0 Å². The molecular weight excluding hydrogens is 298 g/mol. The van der Waals surface area contributed by atoms with Gasteiger partial charge in [-0.25, -0.2) is 13.6 Å². The third kappa shape index (κ3) is 4.50. The van der Waals surface area contributed by atoms with Gasteiger partial charge in [-0.1, -0.05) is 6.92 Å². The molecule has 1 aromatic carbocycles. The van der Waals surface area contributed by atoms with E-state index in [9.17, 15) is 23.3 Å². The predicted molar refractivity (Wildman–Crippen MR) is 76.3 cm³/mol. The number of primary sulfonamides is 1. The van der Waals surface area contributed by atoms with Crippen molar-refractivity contribution in [3.8, 4) is 0 Å². The number of hydrogen-bond acceptors (Lipinski definition) is 5. The van der Waals surface area contributed by atoms with Crippen molar-refractivity contribution >= 4 is 21.6 Å². The van der Waals surface area contributed by atoms with Gasteiger partial charge in [0.05, 0.1) is 9.82 Å². The Morgan fingerprint density at radius 2 is 1.95 bits per heavy atom. The molecule has 0 aliphatic rings. The number of rotatable bonds is 5. The fourth-order valence-electron chi connectivity index (χ4n) is 1.45. The molecule has 1 amide bonds. The Kier molecular flexibility index (Phi) is 4.69. The van der Waals surface area contributed by atoms with Crippen LogP contribution < -0.4 is 10.5 Å². The molecule has 0 aliphatic carbocycles. The summed E-state index contributed by atoms with van der Waals surface area (Å²) in [5, 5.41) is 18.5. The van der Waals surface area contributed by atoms with Crippen molar-refractivity contribution in [1.29, 1.82) is 0 Å². The molecule has 0 heterocycles. The number of nitro groups is 1. The van der Waals surface area contributed by atoms with Crippen LogP contribution in [0, 0.1) is 10.1 Å². The van der Waals surface area contributed by atoms with Crippen LogP contribution in [-0.2, 0) is 10.0 Å².